The van der Waals surface area contributed by atoms with Crippen molar-refractivity contribution in [2.24, 2.45) is 0 Å². The standard InChI is InChI=1S/C20H17ClF3N3O3S/c1-19(30,11-31-15-6-4-13(5-7-15)26-17(28)9-21)18(29)27-14-3-2-12(10-25)16(8-14)20(22,23)24/h2-8,30H,9,11H2,1H3,(H,26,28)(H,27,29)/t19-/m0/s1. The molecule has 2 rings (SSSR count). The average Bonchev–Trinajstić information content (AvgIpc) is 2.72. The van der Waals surface area contributed by atoms with Gasteiger partial charge in [0.05, 0.1) is 17.2 Å². The van der Waals surface area contributed by atoms with E-state index in [1.165, 1.54) is 13.0 Å². The molecule has 0 bridgehead atoms. The number of carbonyl (C=O) groups excluding carboxylic acids is 2. The summed E-state index contributed by atoms with van der Waals surface area (Å²) in [6.45, 7) is 1.23. The van der Waals surface area contributed by atoms with Crippen LogP contribution < -0.4 is 10.6 Å². The summed E-state index contributed by atoms with van der Waals surface area (Å²) >= 11 is 6.56. The molecule has 0 radical (unpaired) electrons. The number of thioether (sulfide) groups is 1. The van der Waals surface area contributed by atoms with E-state index in [1.807, 2.05) is 0 Å². The minimum atomic E-state index is -4.76. The van der Waals surface area contributed by atoms with Crippen molar-refractivity contribution in [1.29, 1.82) is 5.26 Å². The molecule has 2 aromatic carbocycles. The van der Waals surface area contributed by atoms with Crippen molar-refractivity contribution in [3.05, 3.63) is 53.6 Å². The van der Waals surface area contributed by atoms with Crippen LogP contribution in [-0.4, -0.2) is 34.2 Å². The van der Waals surface area contributed by atoms with Gasteiger partial charge in [-0.05, 0) is 49.4 Å². The van der Waals surface area contributed by atoms with E-state index in [0.717, 1.165) is 23.9 Å². The van der Waals surface area contributed by atoms with E-state index in [0.29, 0.717) is 16.6 Å². The zero-order valence-corrected chi connectivity index (χ0v) is 17.7. The number of nitrogens with zero attached hydrogens (tertiary/aromatic N) is 1. The normalized spacial score (nSPS) is 13.1. The molecular formula is C20H17ClF3N3O3S. The van der Waals surface area contributed by atoms with Crippen molar-refractivity contribution >= 4 is 46.6 Å². The molecule has 2 amide bonds. The SMILES string of the molecule is C[C@](O)(CSc1ccc(NC(=O)CCl)cc1)C(=O)Nc1ccc(C#N)c(C(F)(F)F)c1. The van der Waals surface area contributed by atoms with Gasteiger partial charge in [-0.1, -0.05) is 0 Å². The first-order valence-electron chi connectivity index (χ1n) is 8.70. The highest BCUT2D eigenvalue weighted by molar-refractivity contribution is 7.99. The summed E-state index contributed by atoms with van der Waals surface area (Å²) in [6.07, 6.45) is -4.76. The van der Waals surface area contributed by atoms with E-state index in [9.17, 15) is 27.9 Å². The molecule has 164 valence electrons. The Balaban J connectivity index is 2.03. The lowest BCUT2D eigenvalue weighted by Gasteiger charge is -2.22. The third kappa shape index (κ3) is 6.89. The summed E-state index contributed by atoms with van der Waals surface area (Å²) in [5.41, 5.74) is -3.31. The Bertz CT molecular complexity index is 1010. The van der Waals surface area contributed by atoms with Crippen molar-refractivity contribution in [3.63, 3.8) is 0 Å². The molecule has 0 fully saturated rings. The number of nitrogens with one attached hydrogen (secondary N) is 2. The van der Waals surface area contributed by atoms with Crippen molar-refractivity contribution in [3.8, 4) is 6.07 Å². The maximum absolute atomic E-state index is 13.1. The number of benzene rings is 2. The van der Waals surface area contributed by atoms with E-state index in [2.05, 4.69) is 10.6 Å². The van der Waals surface area contributed by atoms with Crippen LogP contribution in [0.25, 0.3) is 0 Å². The van der Waals surface area contributed by atoms with Crippen LogP contribution in [0.4, 0.5) is 24.5 Å². The fourth-order valence-electron chi connectivity index (χ4n) is 2.34. The van der Waals surface area contributed by atoms with E-state index in [4.69, 9.17) is 16.9 Å². The zero-order chi connectivity index (χ0) is 23.2. The molecule has 3 N–H and O–H groups in total. The molecule has 0 saturated heterocycles. The van der Waals surface area contributed by atoms with Gasteiger partial charge in [-0.25, -0.2) is 0 Å². The first kappa shape index (κ1) is 24.5. The van der Waals surface area contributed by atoms with Gasteiger partial charge in [0, 0.05) is 22.0 Å². The second-order valence-corrected chi connectivity index (χ2v) is 7.91. The van der Waals surface area contributed by atoms with Crippen LogP contribution in [0.2, 0.25) is 0 Å². The zero-order valence-electron chi connectivity index (χ0n) is 16.1. The first-order valence-corrected chi connectivity index (χ1v) is 10.2. The fourth-order valence-corrected chi connectivity index (χ4v) is 3.31. The van der Waals surface area contributed by atoms with Gasteiger partial charge in [0.15, 0.2) is 0 Å². The highest BCUT2D eigenvalue weighted by Gasteiger charge is 2.35. The topological polar surface area (TPSA) is 102 Å². The smallest absolute Gasteiger partial charge is 0.379 e. The minimum Gasteiger partial charge on any atom is -0.379 e. The third-order valence-electron chi connectivity index (χ3n) is 3.97. The molecule has 0 heterocycles. The molecule has 0 aliphatic carbocycles. The van der Waals surface area contributed by atoms with Crippen LogP contribution in [0.5, 0.6) is 0 Å². The number of anilines is 2. The quantitative estimate of drug-likeness (QED) is 0.414. The average molecular weight is 472 g/mol. The number of hydrogen-bond acceptors (Lipinski definition) is 5. The van der Waals surface area contributed by atoms with Crippen LogP contribution in [0.3, 0.4) is 0 Å². The summed E-state index contributed by atoms with van der Waals surface area (Å²) in [5.74, 6) is -1.53. The van der Waals surface area contributed by atoms with Crippen molar-refractivity contribution in [1.82, 2.24) is 0 Å². The van der Waals surface area contributed by atoms with Gasteiger partial charge in [-0.2, -0.15) is 18.4 Å². The van der Waals surface area contributed by atoms with Crippen LogP contribution in [0.1, 0.15) is 18.1 Å². The molecule has 0 saturated carbocycles. The summed E-state index contributed by atoms with van der Waals surface area (Å²) in [5, 5.41) is 24.1. The Morgan fingerprint density at radius 2 is 1.74 bits per heavy atom. The summed E-state index contributed by atoms with van der Waals surface area (Å²) in [7, 11) is 0. The molecule has 0 aromatic heterocycles. The number of hydrogen-bond donors (Lipinski definition) is 3. The van der Waals surface area contributed by atoms with Crippen molar-refractivity contribution in [2.45, 2.75) is 23.6 Å². The highest BCUT2D eigenvalue weighted by Crippen LogP contribution is 2.34. The van der Waals surface area contributed by atoms with E-state index < -0.39 is 28.8 Å². The maximum atomic E-state index is 13.1. The molecular weight excluding hydrogens is 455 g/mol. The number of aliphatic hydroxyl groups is 1. The molecule has 11 heteroatoms. The minimum absolute atomic E-state index is 0.0887. The molecule has 1 atom stereocenters. The Morgan fingerprint density at radius 1 is 1.13 bits per heavy atom. The van der Waals surface area contributed by atoms with Gasteiger partial charge in [-0.3, -0.25) is 9.59 Å². The Labute approximate surface area is 185 Å². The van der Waals surface area contributed by atoms with Crippen LogP contribution in [0.15, 0.2) is 47.4 Å². The maximum Gasteiger partial charge on any atom is 0.417 e. The Hall–Kier alpha value is -2.74. The van der Waals surface area contributed by atoms with E-state index >= 15 is 0 Å². The predicted molar refractivity (Wildman–Crippen MR) is 112 cm³/mol. The van der Waals surface area contributed by atoms with Gasteiger partial charge >= 0.3 is 6.18 Å². The summed E-state index contributed by atoms with van der Waals surface area (Å²) in [4.78, 5) is 24.3. The lowest BCUT2D eigenvalue weighted by atomic mass is 10.1. The van der Waals surface area contributed by atoms with E-state index in [-0.39, 0.29) is 23.2 Å². The van der Waals surface area contributed by atoms with E-state index in [1.54, 1.807) is 24.3 Å². The Kier molecular flexibility index (Phi) is 7.95. The molecule has 0 spiro atoms. The highest BCUT2D eigenvalue weighted by atomic mass is 35.5. The molecule has 2 aromatic rings. The molecule has 31 heavy (non-hydrogen) atoms. The predicted octanol–water partition coefficient (Wildman–Crippen LogP) is 4.24. The first-order chi connectivity index (χ1) is 14.5. The number of nitriles is 1. The molecule has 0 unspecified atom stereocenters. The van der Waals surface area contributed by atoms with Crippen LogP contribution in [0, 0.1) is 11.3 Å². The summed E-state index contributed by atoms with van der Waals surface area (Å²) < 4.78 is 39.2. The summed E-state index contributed by atoms with van der Waals surface area (Å²) in [6, 6.07) is 10.8. The lowest BCUT2D eigenvalue weighted by molar-refractivity contribution is -0.137. The van der Waals surface area contributed by atoms with Crippen molar-refractivity contribution in [2.75, 3.05) is 22.3 Å². The van der Waals surface area contributed by atoms with Gasteiger partial charge in [-0.15, -0.1) is 23.4 Å². The largest absolute Gasteiger partial charge is 0.417 e. The van der Waals surface area contributed by atoms with Gasteiger partial charge in [0.1, 0.15) is 11.5 Å². The number of amides is 2. The number of halogens is 4. The number of rotatable bonds is 7. The fraction of sp³-hybridized carbons (Fsp3) is 0.250. The number of alkyl halides is 4. The Morgan fingerprint density at radius 3 is 2.29 bits per heavy atom. The van der Waals surface area contributed by atoms with Crippen molar-refractivity contribution < 1.29 is 27.9 Å². The van der Waals surface area contributed by atoms with Crippen LogP contribution >= 0.6 is 23.4 Å². The lowest BCUT2D eigenvalue weighted by Crippen LogP contribution is -2.42. The monoisotopic (exact) mass is 471 g/mol. The number of carbonyl (C=O) groups is 2. The molecule has 6 nitrogen and oxygen atoms in total. The van der Waals surface area contributed by atoms with Gasteiger partial charge in [0.2, 0.25) is 5.91 Å². The molecule has 0 aliphatic rings. The second kappa shape index (κ2) is 10.0. The van der Waals surface area contributed by atoms with Gasteiger partial charge in [0.25, 0.3) is 5.91 Å². The second-order valence-electron chi connectivity index (χ2n) is 6.59. The third-order valence-corrected chi connectivity index (χ3v) is 5.53. The van der Waals surface area contributed by atoms with Gasteiger partial charge < -0.3 is 15.7 Å². The van der Waals surface area contributed by atoms with Crippen LogP contribution in [-0.2, 0) is 15.8 Å². The molecule has 0 aliphatic heterocycles.